The van der Waals surface area contributed by atoms with E-state index < -0.39 is 32.5 Å². The van der Waals surface area contributed by atoms with Crippen LogP contribution in [-0.4, -0.2) is 41.0 Å². The molecule has 0 aliphatic rings. The monoisotopic (exact) mass is 654 g/mol. The third-order valence-electron chi connectivity index (χ3n) is 7.11. The second kappa shape index (κ2) is 32.0. The molecular formula is C36H63O8P. The van der Waals surface area contributed by atoms with Crippen LogP contribution in [0.15, 0.2) is 48.6 Å². The lowest BCUT2D eigenvalue weighted by atomic mass is 10.0. The molecule has 0 aromatic heterocycles. The van der Waals surface area contributed by atoms with Gasteiger partial charge in [0.05, 0.1) is 6.61 Å². The molecule has 45 heavy (non-hydrogen) atoms. The van der Waals surface area contributed by atoms with Crippen LogP contribution in [0.25, 0.3) is 0 Å². The first-order chi connectivity index (χ1) is 21.8. The van der Waals surface area contributed by atoms with Crippen molar-refractivity contribution in [3.8, 4) is 0 Å². The molecule has 0 heterocycles. The summed E-state index contributed by atoms with van der Waals surface area (Å²) in [5.74, 6) is -0.936. The molecule has 8 nitrogen and oxygen atoms in total. The first kappa shape index (κ1) is 43.0. The van der Waals surface area contributed by atoms with Gasteiger partial charge in [-0.05, 0) is 51.4 Å². The Kier molecular flexibility index (Phi) is 30.6. The number of esters is 2. The zero-order valence-corrected chi connectivity index (χ0v) is 29.1. The maximum atomic E-state index is 12.3. The fourth-order valence-corrected chi connectivity index (χ4v) is 4.90. The van der Waals surface area contributed by atoms with Gasteiger partial charge in [0.1, 0.15) is 6.61 Å². The highest BCUT2D eigenvalue weighted by Gasteiger charge is 2.22. The van der Waals surface area contributed by atoms with Gasteiger partial charge in [0.2, 0.25) is 0 Å². The van der Waals surface area contributed by atoms with Gasteiger partial charge in [0.15, 0.2) is 6.10 Å². The Bertz CT molecular complexity index is 874. The van der Waals surface area contributed by atoms with Crippen LogP contribution in [0.3, 0.4) is 0 Å². The molecule has 0 aromatic carbocycles. The van der Waals surface area contributed by atoms with E-state index in [1.54, 1.807) is 0 Å². The van der Waals surface area contributed by atoms with Crippen molar-refractivity contribution in [1.29, 1.82) is 0 Å². The summed E-state index contributed by atoms with van der Waals surface area (Å²) >= 11 is 0. The molecule has 0 radical (unpaired) electrons. The number of carbonyl (C=O) groups excluding carboxylic acids is 2. The number of carbonyl (C=O) groups is 2. The first-order valence-corrected chi connectivity index (χ1v) is 19.0. The first-order valence-electron chi connectivity index (χ1n) is 17.4. The lowest BCUT2D eigenvalue weighted by Crippen LogP contribution is -2.29. The van der Waals surface area contributed by atoms with Gasteiger partial charge < -0.3 is 19.3 Å². The Morgan fingerprint density at radius 3 is 1.60 bits per heavy atom. The van der Waals surface area contributed by atoms with Crippen LogP contribution in [0.1, 0.15) is 149 Å². The van der Waals surface area contributed by atoms with Crippen LogP contribution in [0, 0.1) is 0 Å². The van der Waals surface area contributed by atoms with E-state index in [2.05, 4.69) is 67.0 Å². The third kappa shape index (κ3) is 34.7. The average Bonchev–Trinajstić information content (AvgIpc) is 3.00. The summed E-state index contributed by atoms with van der Waals surface area (Å²) in [5.41, 5.74) is 0. The summed E-state index contributed by atoms with van der Waals surface area (Å²) in [6.07, 6.45) is 36.9. The Morgan fingerprint density at radius 1 is 0.600 bits per heavy atom. The van der Waals surface area contributed by atoms with Crippen LogP contribution in [0.5, 0.6) is 0 Å². The van der Waals surface area contributed by atoms with E-state index in [1.165, 1.54) is 57.8 Å². The molecule has 1 unspecified atom stereocenters. The highest BCUT2D eigenvalue weighted by atomic mass is 31.2. The van der Waals surface area contributed by atoms with Crippen molar-refractivity contribution in [2.24, 2.45) is 0 Å². The van der Waals surface area contributed by atoms with E-state index in [9.17, 15) is 14.2 Å². The van der Waals surface area contributed by atoms with Crippen molar-refractivity contribution in [2.45, 2.75) is 155 Å². The standard InChI is InChI=1S/C36H63O8P/c1-3-5-7-9-11-13-15-17-18-19-21-23-25-27-29-31-36(38)44-34(33-43-45(39,40)41)32-42-35(37)30-28-26-24-22-20-16-14-12-10-8-6-4-2/h5,7,11,13,17-18,21,23,34H,3-4,6,8-10,12,14-16,19-20,22,24-33H2,1-2H3,(H2,39,40,41)/b7-5-,13-11-,18-17-,23-21-. The van der Waals surface area contributed by atoms with Crippen LogP contribution in [0.4, 0.5) is 0 Å². The van der Waals surface area contributed by atoms with Crippen LogP contribution in [0.2, 0.25) is 0 Å². The zero-order chi connectivity index (χ0) is 33.3. The van der Waals surface area contributed by atoms with Crippen molar-refractivity contribution in [3.05, 3.63) is 48.6 Å². The summed E-state index contributed by atoms with van der Waals surface area (Å²) in [5, 5.41) is 0. The summed E-state index contributed by atoms with van der Waals surface area (Å²) in [6, 6.07) is 0. The van der Waals surface area contributed by atoms with Gasteiger partial charge in [0, 0.05) is 12.8 Å². The van der Waals surface area contributed by atoms with Crippen molar-refractivity contribution in [2.75, 3.05) is 13.2 Å². The van der Waals surface area contributed by atoms with E-state index in [0.29, 0.717) is 6.42 Å². The molecule has 1 atom stereocenters. The van der Waals surface area contributed by atoms with Crippen molar-refractivity contribution < 1.29 is 37.9 Å². The third-order valence-corrected chi connectivity index (χ3v) is 7.60. The number of allylic oxidation sites excluding steroid dienone is 8. The number of hydrogen-bond donors (Lipinski definition) is 2. The fraction of sp³-hybridized carbons (Fsp3) is 0.722. The molecule has 260 valence electrons. The average molecular weight is 655 g/mol. The minimum atomic E-state index is -4.76. The minimum absolute atomic E-state index is 0.159. The molecule has 0 bridgehead atoms. The van der Waals surface area contributed by atoms with E-state index >= 15 is 0 Å². The van der Waals surface area contributed by atoms with Crippen LogP contribution < -0.4 is 0 Å². The SMILES string of the molecule is CC/C=C\C/C=C\C/C=C\C/C=C\CCCCC(=O)OC(COC(=O)CCCCCCCCCCCCCC)COP(=O)(O)O. The van der Waals surface area contributed by atoms with E-state index in [0.717, 1.165) is 57.8 Å². The summed E-state index contributed by atoms with van der Waals surface area (Å²) in [6.45, 7) is 3.51. The lowest BCUT2D eigenvalue weighted by Gasteiger charge is -2.18. The number of ether oxygens (including phenoxy) is 2. The molecule has 0 aliphatic heterocycles. The van der Waals surface area contributed by atoms with Gasteiger partial charge in [-0.15, -0.1) is 0 Å². The van der Waals surface area contributed by atoms with Gasteiger partial charge in [-0.3, -0.25) is 14.1 Å². The predicted octanol–water partition coefficient (Wildman–Crippen LogP) is 10.0. The molecule has 0 saturated carbocycles. The quantitative estimate of drug-likeness (QED) is 0.0328. The van der Waals surface area contributed by atoms with E-state index in [-0.39, 0.29) is 19.4 Å². The Labute approximate surface area is 274 Å². The summed E-state index contributed by atoms with van der Waals surface area (Å²) < 4.78 is 26.2. The highest BCUT2D eigenvalue weighted by molar-refractivity contribution is 7.46. The van der Waals surface area contributed by atoms with Gasteiger partial charge in [0.25, 0.3) is 0 Å². The van der Waals surface area contributed by atoms with Gasteiger partial charge in [-0.25, -0.2) is 4.57 Å². The smallest absolute Gasteiger partial charge is 0.462 e. The number of unbranched alkanes of at least 4 members (excludes halogenated alkanes) is 13. The Morgan fingerprint density at radius 2 is 1.07 bits per heavy atom. The molecule has 0 saturated heterocycles. The number of hydrogen-bond acceptors (Lipinski definition) is 6. The second-order valence-corrected chi connectivity index (χ2v) is 12.7. The number of phosphoric acid groups is 1. The Balaban J connectivity index is 4.09. The topological polar surface area (TPSA) is 119 Å². The zero-order valence-electron chi connectivity index (χ0n) is 28.3. The largest absolute Gasteiger partial charge is 0.469 e. The van der Waals surface area contributed by atoms with Crippen molar-refractivity contribution in [3.63, 3.8) is 0 Å². The molecule has 0 aliphatic carbocycles. The summed E-state index contributed by atoms with van der Waals surface area (Å²) in [7, 11) is -4.76. The van der Waals surface area contributed by atoms with Crippen LogP contribution >= 0.6 is 7.82 Å². The molecule has 0 amide bonds. The molecule has 2 N–H and O–H groups in total. The number of rotatable bonds is 31. The molecule has 0 aromatic rings. The minimum Gasteiger partial charge on any atom is -0.462 e. The highest BCUT2D eigenvalue weighted by Crippen LogP contribution is 2.35. The van der Waals surface area contributed by atoms with E-state index in [1.807, 2.05) is 0 Å². The second-order valence-electron chi connectivity index (χ2n) is 11.5. The molecular weight excluding hydrogens is 591 g/mol. The molecule has 9 heteroatoms. The number of phosphoric ester groups is 1. The van der Waals surface area contributed by atoms with E-state index in [4.69, 9.17) is 19.3 Å². The maximum Gasteiger partial charge on any atom is 0.469 e. The summed E-state index contributed by atoms with van der Waals surface area (Å²) in [4.78, 5) is 42.5. The van der Waals surface area contributed by atoms with Crippen LogP contribution in [-0.2, 0) is 28.2 Å². The lowest BCUT2D eigenvalue weighted by molar-refractivity contribution is -0.161. The molecule has 0 fully saturated rings. The predicted molar refractivity (Wildman–Crippen MR) is 184 cm³/mol. The fourth-order valence-electron chi connectivity index (χ4n) is 4.54. The van der Waals surface area contributed by atoms with Crippen molar-refractivity contribution >= 4 is 19.8 Å². The van der Waals surface area contributed by atoms with Gasteiger partial charge >= 0.3 is 19.8 Å². The molecule has 0 spiro atoms. The molecule has 0 rings (SSSR count). The maximum absolute atomic E-state index is 12.3. The van der Waals surface area contributed by atoms with Gasteiger partial charge in [-0.1, -0.05) is 133 Å². The normalized spacial score (nSPS) is 13.1. The van der Waals surface area contributed by atoms with Gasteiger partial charge in [-0.2, -0.15) is 0 Å². The van der Waals surface area contributed by atoms with Crippen molar-refractivity contribution in [1.82, 2.24) is 0 Å². The Hall–Kier alpha value is -1.99.